The molecule has 1 saturated heterocycles. The molecule has 0 amide bonds. The topological polar surface area (TPSA) is 39.1 Å². The fraction of sp³-hybridized carbons (Fsp3) is 0.588. The van der Waals surface area contributed by atoms with Crippen LogP contribution in [-0.2, 0) is 17.8 Å². The number of nitrogens with one attached hydrogen (secondary N) is 1. The summed E-state index contributed by atoms with van der Waals surface area (Å²) in [5.41, 5.74) is 2.33. The molecule has 1 saturated carbocycles. The molecule has 2 aromatic rings. The molecule has 2 fully saturated rings. The van der Waals surface area contributed by atoms with E-state index in [1.165, 1.54) is 18.4 Å². The Kier molecular flexibility index (Phi) is 3.43. The second-order valence-corrected chi connectivity index (χ2v) is 6.21. The van der Waals surface area contributed by atoms with Gasteiger partial charge >= 0.3 is 0 Å². The first-order valence-electron chi connectivity index (χ1n) is 8.16. The fourth-order valence-electron chi connectivity index (χ4n) is 3.55. The lowest BCUT2D eigenvalue weighted by Crippen LogP contribution is -2.37. The van der Waals surface area contributed by atoms with Crippen molar-refractivity contribution in [2.24, 2.45) is 5.92 Å². The van der Waals surface area contributed by atoms with E-state index in [1.54, 1.807) is 0 Å². The maximum Gasteiger partial charge on any atom is 0.123 e. The van der Waals surface area contributed by atoms with Gasteiger partial charge in [-0.05, 0) is 44.2 Å². The lowest BCUT2D eigenvalue weighted by Gasteiger charge is -2.19. The maximum absolute atomic E-state index is 5.90. The van der Waals surface area contributed by atoms with Crippen LogP contribution in [0.4, 0.5) is 0 Å². The third kappa shape index (κ3) is 2.47. The van der Waals surface area contributed by atoms with Gasteiger partial charge in [-0.25, -0.2) is 4.98 Å². The second-order valence-electron chi connectivity index (χ2n) is 6.21. The van der Waals surface area contributed by atoms with E-state index < -0.39 is 0 Å². The van der Waals surface area contributed by atoms with E-state index >= 15 is 0 Å². The molecule has 0 radical (unpaired) electrons. The highest BCUT2D eigenvalue weighted by Gasteiger charge is 2.40. The van der Waals surface area contributed by atoms with E-state index in [0.717, 1.165) is 43.4 Å². The Balaban J connectivity index is 1.51. The molecule has 2 atom stereocenters. The van der Waals surface area contributed by atoms with Crippen LogP contribution < -0.4 is 5.32 Å². The zero-order chi connectivity index (χ0) is 14.2. The van der Waals surface area contributed by atoms with Crippen LogP contribution in [0, 0.1) is 5.92 Å². The lowest BCUT2D eigenvalue weighted by molar-refractivity contribution is 0.0807. The lowest BCUT2D eigenvalue weighted by atomic mass is 10.1. The summed E-state index contributed by atoms with van der Waals surface area (Å²) in [5, 5.41) is 3.70. The van der Waals surface area contributed by atoms with Crippen LogP contribution in [0.3, 0.4) is 0 Å². The van der Waals surface area contributed by atoms with Crippen LogP contribution in [0.25, 0.3) is 11.0 Å². The van der Waals surface area contributed by atoms with E-state index in [4.69, 9.17) is 9.72 Å². The normalized spacial score (nSPS) is 25.8. The Morgan fingerprint density at radius 1 is 1.29 bits per heavy atom. The first-order valence-corrected chi connectivity index (χ1v) is 8.16. The first kappa shape index (κ1) is 13.3. The molecule has 112 valence electrons. The number of imidazole rings is 1. The minimum atomic E-state index is 0.435. The number of aromatic nitrogens is 2. The van der Waals surface area contributed by atoms with Crippen molar-refractivity contribution < 1.29 is 4.74 Å². The third-order valence-corrected chi connectivity index (χ3v) is 4.79. The average Bonchev–Trinajstić information content (AvgIpc) is 3.13. The highest BCUT2D eigenvalue weighted by atomic mass is 16.5. The summed E-state index contributed by atoms with van der Waals surface area (Å²) < 4.78 is 8.21. The molecule has 1 N–H and O–H groups in total. The van der Waals surface area contributed by atoms with Crippen LogP contribution in [0.1, 0.15) is 32.0 Å². The predicted octanol–water partition coefficient (Wildman–Crippen LogP) is 2.71. The molecule has 4 nitrogen and oxygen atoms in total. The molecule has 2 unspecified atom stereocenters. The summed E-state index contributed by atoms with van der Waals surface area (Å²) in [6, 6.07) is 8.89. The zero-order valence-electron chi connectivity index (χ0n) is 12.6. The van der Waals surface area contributed by atoms with Crippen molar-refractivity contribution in [3.8, 4) is 0 Å². The summed E-state index contributed by atoms with van der Waals surface area (Å²) in [5.74, 6) is 1.94. The van der Waals surface area contributed by atoms with Gasteiger partial charge in [-0.3, -0.25) is 0 Å². The number of fused-ring (bicyclic) bond motifs is 1. The Hall–Kier alpha value is -1.39. The summed E-state index contributed by atoms with van der Waals surface area (Å²) in [6.07, 6.45) is 4.25. The maximum atomic E-state index is 5.90. The molecular formula is C17H23N3O. The molecule has 2 aliphatic rings. The smallest absolute Gasteiger partial charge is 0.123 e. The molecule has 0 bridgehead atoms. The number of rotatable bonds is 5. The zero-order valence-corrected chi connectivity index (χ0v) is 12.6. The molecule has 21 heavy (non-hydrogen) atoms. The van der Waals surface area contributed by atoms with Crippen molar-refractivity contribution in [2.75, 3.05) is 6.61 Å². The van der Waals surface area contributed by atoms with Gasteiger partial charge in [0.15, 0.2) is 0 Å². The van der Waals surface area contributed by atoms with Crippen LogP contribution in [0.2, 0.25) is 0 Å². The van der Waals surface area contributed by atoms with Gasteiger partial charge in [0.25, 0.3) is 0 Å². The molecule has 4 rings (SSSR count). The second kappa shape index (κ2) is 5.43. The minimum absolute atomic E-state index is 0.435. The fourth-order valence-corrected chi connectivity index (χ4v) is 3.55. The van der Waals surface area contributed by atoms with Crippen LogP contribution in [0.5, 0.6) is 0 Å². The van der Waals surface area contributed by atoms with Crippen LogP contribution in [0.15, 0.2) is 24.3 Å². The monoisotopic (exact) mass is 285 g/mol. The van der Waals surface area contributed by atoms with E-state index in [0.29, 0.717) is 12.1 Å². The molecule has 1 aliphatic heterocycles. The summed E-state index contributed by atoms with van der Waals surface area (Å²) in [4.78, 5) is 4.79. The SMILES string of the molecule is CCn1c(CNC2CCOC2C2CC2)nc2ccccc21. The van der Waals surface area contributed by atoms with Gasteiger partial charge < -0.3 is 14.6 Å². The van der Waals surface area contributed by atoms with E-state index in [9.17, 15) is 0 Å². The molecule has 1 aromatic heterocycles. The summed E-state index contributed by atoms with van der Waals surface area (Å²) >= 11 is 0. The van der Waals surface area contributed by atoms with E-state index in [-0.39, 0.29) is 0 Å². The average molecular weight is 285 g/mol. The highest BCUT2D eigenvalue weighted by Crippen LogP contribution is 2.38. The number of para-hydroxylation sites is 2. The van der Waals surface area contributed by atoms with Crippen molar-refractivity contribution >= 4 is 11.0 Å². The number of hydrogen-bond donors (Lipinski definition) is 1. The predicted molar refractivity (Wildman–Crippen MR) is 83.1 cm³/mol. The van der Waals surface area contributed by atoms with Crippen LogP contribution in [-0.4, -0.2) is 28.3 Å². The van der Waals surface area contributed by atoms with Crippen molar-refractivity contribution in [3.63, 3.8) is 0 Å². The van der Waals surface area contributed by atoms with E-state index in [1.807, 2.05) is 0 Å². The molecule has 1 aromatic carbocycles. The number of aryl methyl sites for hydroxylation is 1. The molecule has 1 aliphatic carbocycles. The van der Waals surface area contributed by atoms with Crippen molar-refractivity contribution in [1.82, 2.24) is 14.9 Å². The molecular weight excluding hydrogens is 262 g/mol. The van der Waals surface area contributed by atoms with Gasteiger partial charge in [0, 0.05) is 19.2 Å². The largest absolute Gasteiger partial charge is 0.376 e. The molecule has 4 heteroatoms. The van der Waals surface area contributed by atoms with Gasteiger partial charge in [-0.2, -0.15) is 0 Å². The highest BCUT2D eigenvalue weighted by molar-refractivity contribution is 5.75. The number of ether oxygens (including phenoxy) is 1. The Labute approximate surface area is 125 Å². The first-order chi connectivity index (χ1) is 10.4. The quantitative estimate of drug-likeness (QED) is 0.918. The summed E-state index contributed by atoms with van der Waals surface area (Å²) in [6.45, 7) is 4.89. The number of benzene rings is 1. The van der Waals surface area contributed by atoms with Crippen LogP contribution >= 0.6 is 0 Å². The van der Waals surface area contributed by atoms with Gasteiger partial charge in [-0.1, -0.05) is 12.1 Å². The standard InChI is InChI=1S/C17H23N3O/c1-2-20-15-6-4-3-5-13(15)19-16(20)11-18-14-9-10-21-17(14)12-7-8-12/h3-6,12,14,17-18H,2,7-11H2,1H3. The third-order valence-electron chi connectivity index (χ3n) is 4.79. The van der Waals surface area contributed by atoms with Gasteiger partial charge in [0.1, 0.15) is 5.82 Å². The van der Waals surface area contributed by atoms with Gasteiger partial charge in [0.2, 0.25) is 0 Å². The Morgan fingerprint density at radius 2 is 2.14 bits per heavy atom. The number of hydrogen-bond acceptors (Lipinski definition) is 3. The van der Waals surface area contributed by atoms with Gasteiger partial charge in [-0.15, -0.1) is 0 Å². The summed E-state index contributed by atoms with van der Waals surface area (Å²) in [7, 11) is 0. The van der Waals surface area contributed by atoms with Crippen molar-refractivity contribution in [1.29, 1.82) is 0 Å². The van der Waals surface area contributed by atoms with Crippen molar-refractivity contribution in [3.05, 3.63) is 30.1 Å². The van der Waals surface area contributed by atoms with Crippen molar-refractivity contribution in [2.45, 2.75) is 51.4 Å². The molecule has 2 heterocycles. The minimum Gasteiger partial charge on any atom is -0.376 e. The molecule has 0 spiro atoms. The van der Waals surface area contributed by atoms with E-state index in [2.05, 4.69) is 41.1 Å². The Bertz CT molecular complexity index is 632. The number of nitrogens with zero attached hydrogens (tertiary/aromatic N) is 2. The Morgan fingerprint density at radius 3 is 2.95 bits per heavy atom. The van der Waals surface area contributed by atoms with Gasteiger partial charge in [0.05, 0.1) is 23.7 Å².